The first-order valence-corrected chi connectivity index (χ1v) is 9.28. The molecule has 0 aromatic heterocycles. The summed E-state index contributed by atoms with van der Waals surface area (Å²) in [6.45, 7) is 4.70. The standard InChI is InChI=1S/C18H36O4/c1-3-4-5-6-7-8-9-10-11-12-13-21-17-14-16(19)18(20)15(2)22-17/h15-20H,3-14H2,1-2H3/t15-,16-,17-,18-/m1/s1. The van der Waals surface area contributed by atoms with Gasteiger partial charge in [0.1, 0.15) is 6.10 Å². The first-order valence-electron chi connectivity index (χ1n) is 9.28. The van der Waals surface area contributed by atoms with E-state index in [1.54, 1.807) is 6.92 Å². The maximum atomic E-state index is 9.69. The van der Waals surface area contributed by atoms with E-state index in [2.05, 4.69) is 6.92 Å². The molecule has 0 aromatic carbocycles. The smallest absolute Gasteiger partial charge is 0.160 e. The van der Waals surface area contributed by atoms with E-state index >= 15 is 0 Å². The Morgan fingerprint density at radius 2 is 1.45 bits per heavy atom. The number of ether oxygens (including phenoxy) is 2. The predicted molar refractivity (Wildman–Crippen MR) is 88.8 cm³/mol. The third-order valence-electron chi connectivity index (χ3n) is 4.48. The van der Waals surface area contributed by atoms with Gasteiger partial charge in [0, 0.05) is 13.0 Å². The molecule has 22 heavy (non-hydrogen) atoms. The molecule has 0 aromatic rings. The van der Waals surface area contributed by atoms with E-state index in [0.717, 1.165) is 6.42 Å². The molecular weight excluding hydrogens is 280 g/mol. The monoisotopic (exact) mass is 316 g/mol. The number of hydrogen-bond donors (Lipinski definition) is 2. The van der Waals surface area contributed by atoms with Crippen LogP contribution in [-0.2, 0) is 9.47 Å². The van der Waals surface area contributed by atoms with Gasteiger partial charge in [-0.1, -0.05) is 64.7 Å². The van der Waals surface area contributed by atoms with E-state index in [1.165, 1.54) is 57.8 Å². The van der Waals surface area contributed by atoms with Crippen LogP contribution in [0.25, 0.3) is 0 Å². The van der Waals surface area contributed by atoms with Crippen LogP contribution in [0, 0.1) is 0 Å². The quantitative estimate of drug-likeness (QED) is 0.538. The van der Waals surface area contributed by atoms with Crippen LogP contribution in [0.15, 0.2) is 0 Å². The second kappa shape index (κ2) is 12.3. The number of aliphatic hydroxyl groups excluding tert-OH is 2. The summed E-state index contributed by atoms with van der Waals surface area (Å²) in [7, 11) is 0. The number of unbranched alkanes of at least 4 members (excludes halogenated alkanes) is 9. The zero-order valence-electron chi connectivity index (χ0n) is 14.5. The van der Waals surface area contributed by atoms with Gasteiger partial charge in [-0.25, -0.2) is 0 Å². The van der Waals surface area contributed by atoms with Crippen LogP contribution in [0.3, 0.4) is 0 Å². The van der Waals surface area contributed by atoms with Crippen LogP contribution < -0.4 is 0 Å². The minimum absolute atomic E-state index is 0.360. The van der Waals surface area contributed by atoms with Crippen LogP contribution in [0.5, 0.6) is 0 Å². The molecule has 1 heterocycles. The summed E-state index contributed by atoms with van der Waals surface area (Å²) >= 11 is 0. The molecule has 0 aliphatic carbocycles. The lowest BCUT2D eigenvalue weighted by Gasteiger charge is -2.35. The van der Waals surface area contributed by atoms with E-state index in [-0.39, 0.29) is 12.4 Å². The molecule has 1 rings (SSSR count). The third-order valence-corrected chi connectivity index (χ3v) is 4.48. The van der Waals surface area contributed by atoms with Crippen molar-refractivity contribution < 1.29 is 19.7 Å². The molecular formula is C18H36O4. The van der Waals surface area contributed by atoms with Gasteiger partial charge in [0.05, 0.1) is 12.2 Å². The maximum Gasteiger partial charge on any atom is 0.160 e. The molecule has 0 bridgehead atoms. The lowest BCUT2D eigenvalue weighted by atomic mass is 10.0. The fourth-order valence-electron chi connectivity index (χ4n) is 2.94. The van der Waals surface area contributed by atoms with E-state index < -0.39 is 12.2 Å². The van der Waals surface area contributed by atoms with E-state index in [1.807, 2.05) is 0 Å². The minimum Gasteiger partial charge on any atom is -0.390 e. The van der Waals surface area contributed by atoms with Crippen LogP contribution in [0.1, 0.15) is 84.5 Å². The lowest BCUT2D eigenvalue weighted by Crippen LogP contribution is -2.47. The van der Waals surface area contributed by atoms with Crippen molar-refractivity contribution in [2.45, 2.75) is 109 Å². The Bertz CT molecular complexity index is 247. The Morgan fingerprint density at radius 1 is 0.909 bits per heavy atom. The van der Waals surface area contributed by atoms with Crippen molar-refractivity contribution in [3.05, 3.63) is 0 Å². The van der Waals surface area contributed by atoms with Gasteiger partial charge in [0.2, 0.25) is 0 Å². The topological polar surface area (TPSA) is 58.9 Å². The zero-order chi connectivity index (χ0) is 16.2. The van der Waals surface area contributed by atoms with Gasteiger partial charge < -0.3 is 19.7 Å². The molecule has 0 unspecified atom stereocenters. The Hall–Kier alpha value is -0.160. The van der Waals surface area contributed by atoms with E-state index in [4.69, 9.17) is 9.47 Å². The summed E-state index contributed by atoms with van der Waals surface area (Å²) in [6.07, 6.45) is 11.2. The number of hydrogen-bond acceptors (Lipinski definition) is 4. The van der Waals surface area contributed by atoms with Gasteiger partial charge in [-0.2, -0.15) is 0 Å². The molecule has 1 fully saturated rings. The zero-order valence-corrected chi connectivity index (χ0v) is 14.5. The van der Waals surface area contributed by atoms with Crippen molar-refractivity contribution in [2.24, 2.45) is 0 Å². The van der Waals surface area contributed by atoms with Crippen LogP contribution in [-0.4, -0.2) is 41.4 Å². The summed E-state index contributed by atoms with van der Waals surface area (Å²) in [5.41, 5.74) is 0. The molecule has 2 N–H and O–H groups in total. The van der Waals surface area contributed by atoms with E-state index in [0.29, 0.717) is 13.0 Å². The molecule has 0 amide bonds. The summed E-state index contributed by atoms with van der Waals surface area (Å²) in [5.74, 6) is 0. The van der Waals surface area contributed by atoms with Crippen LogP contribution in [0.2, 0.25) is 0 Å². The molecule has 132 valence electrons. The average molecular weight is 316 g/mol. The molecule has 0 spiro atoms. The van der Waals surface area contributed by atoms with Crippen LogP contribution in [0.4, 0.5) is 0 Å². The molecule has 1 aliphatic heterocycles. The predicted octanol–water partition coefficient (Wildman–Crippen LogP) is 3.78. The van der Waals surface area contributed by atoms with Crippen molar-refractivity contribution in [1.29, 1.82) is 0 Å². The van der Waals surface area contributed by atoms with Gasteiger partial charge in [-0.15, -0.1) is 0 Å². The third kappa shape index (κ3) is 8.47. The lowest BCUT2D eigenvalue weighted by molar-refractivity contribution is -0.246. The van der Waals surface area contributed by atoms with Crippen molar-refractivity contribution in [2.75, 3.05) is 6.61 Å². The maximum absolute atomic E-state index is 9.69. The Labute approximate surface area is 136 Å². The first-order chi connectivity index (χ1) is 10.6. The second-order valence-corrected chi connectivity index (χ2v) is 6.62. The normalized spacial score (nSPS) is 28.9. The fourth-order valence-corrected chi connectivity index (χ4v) is 2.94. The van der Waals surface area contributed by atoms with Crippen molar-refractivity contribution in [3.8, 4) is 0 Å². The highest BCUT2D eigenvalue weighted by atomic mass is 16.7. The molecule has 0 radical (unpaired) electrons. The van der Waals surface area contributed by atoms with Crippen LogP contribution >= 0.6 is 0 Å². The average Bonchev–Trinajstić information content (AvgIpc) is 2.50. The van der Waals surface area contributed by atoms with Gasteiger partial charge >= 0.3 is 0 Å². The van der Waals surface area contributed by atoms with Gasteiger partial charge in [-0.05, 0) is 13.3 Å². The van der Waals surface area contributed by atoms with Crippen molar-refractivity contribution >= 4 is 0 Å². The Balaban J connectivity index is 1.87. The Kier molecular flexibility index (Phi) is 11.1. The molecule has 4 nitrogen and oxygen atoms in total. The molecule has 4 heteroatoms. The molecule has 1 aliphatic rings. The van der Waals surface area contributed by atoms with Gasteiger partial charge in [-0.3, -0.25) is 0 Å². The largest absolute Gasteiger partial charge is 0.390 e. The summed E-state index contributed by atoms with van der Waals surface area (Å²) < 4.78 is 11.2. The number of rotatable bonds is 12. The summed E-state index contributed by atoms with van der Waals surface area (Å²) in [6, 6.07) is 0. The summed E-state index contributed by atoms with van der Waals surface area (Å²) in [4.78, 5) is 0. The number of aliphatic hydroxyl groups is 2. The SMILES string of the molecule is CCCCCCCCCCCCO[C@H]1C[C@@H](O)[C@H](O)[C@@H](C)O1. The van der Waals surface area contributed by atoms with E-state index in [9.17, 15) is 10.2 Å². The molecule has 1 saturated heterocycles. The minimum atomic E-state index is -0.794. The van der Waals surface area contributed by atoms with Crippen molar-refractivity contribution in [1.82, 2.24) is 0 Å². The molecule has 0 saturated carbocycles. The Morgan fingerprint density at radius 3 is 2.00 bits per heavy atom. The fraction of sp³-hybridized carbons (Fsp3) is 1.00. The highest BCUT2D eigenvalue weighted by Gasteiger charge is 2.34. The first kappa shape index (κ1) is 19.9. The second-order valence-electron chi connectivity index (χ2n) is 6.62. The highest BCUT2D eigenvalue weighted by Crippen LogP contribution is 2.21. The highest BCUT2D eigenvalue weighted by molar-refractivity contribution is 4.79. The van der Waals surface area contributed by atoms with Gasteiger partial charge in [0.15, 0.2) is 6.29 Å². The molecule has 4 atom stereocenters. The van der Waals surface area contributed by atoms with Crippen molar-refractivity contribution in [3.63, 3.8) is 0 Å². The van der Waals surface area contributed by atoms with Gasteiger partial charge in [0.25, 0.3) is 0 Å². The summed E-state index contributed by atoms with van der Waals surface area (Å²) in [5, 5.41) is 19.3.